The summed E-state index contributed by atoms with van der Waals surface area (Å²) in [6.45, 7) is 2.84. The van der Waals surface area contributed by atoms with E-state index >= 15 is 0 Å². The summed E-state index contributed by atoms with van der Waals surface area (Å²) in [5.74, 6) is 2.27. The van der Waals surface area contributed by atoms with Gasteiger partial charge in [-0.05, 0) is 36.5 Å². The number of hydrogen-bond acceptors (Lipinski definition) is 5. The highest BCUT2D eigenvalue weighted by Gasteiger charge is 2.23. The Morgan fingerprint density at radius 3 is 2.76 bits per heavy atom. The van der Waals surface area contributed by atoms with E-state index in [0.29, 0.717) is 35.0 Å². The van der Waals surface area contributed by atoms with Gasteiger partial charge in [0, 0.05) is 6.04 Å². The highest BCUT2D eigenvalue weighted by atomic mass is 32.2. The monoisotopic (exact) mass is 410 g/mol. The first-order valence-corrected chi connectivity index (χ1v) is 11.1. The number of rotatable bonds is 7. The standard InChI is InChI=1S/C22H26N4O2S/c1-16-8-5-6-11-18(16)23-20(27)15-29-22-25-24-21(19-12-7-13-28-19)26(22)14-17-9-3-2-4-10-17/h2-4,7,9-10,12-13,16,18H,5-6,8,11,14-15H2,1H3,(H,23,27)/t16-,18-/m1/s1. The number of nitrogens with zero attached hydrogens (tertiary/aromatic N) is 3. The summed E-state index contributed by atoms with van der Waals surface area (Å²) in [5.41, 5.74) is 1.14. The van der Waals surface area contributed by atoms with Gasteiger partial charge < -0.3 is 9.73 Å². The van der Waals surface area contributed by atoms with Gasteiger partial charge in [0.05, 0.1) is 18.6 Å². The number of furan rings is 1. The lowest BCUT2D eigenvalue weighted by Crippen LogP contribution is -2.41. The molecule has 1 saturated carbocycles. The maximum atomic E-state index is 12.5. The number of amides is 1. The molecule has 2 atom stereocenters. The van der Waals surface area contributed by atoms with Gasteiger partial charge in [-0.2, -0.15) is 0 Å². The van der Waals surface area contributed by atoms with Crippen molar-refractivity contribution in [1.82, 2.24) is 20.1 Å². The Hall–Kier alpha value is -2.54. The number of hydrogen-bond donors (Lipinski definition) is 1. The van der Waals surface area contributed by atoms with Gasteiger partial charge in [0.2, 0.25) is 11.7 Å². The molecule has 6 nitrogen and oxygen atoms in total. The van der Waals surface area contributed by atoms with Gasteiger partial charge in [0.1, 0.15) is 0 Å². The molecule has 4 rings (SSSR count). The van der Waals surface area contributed by atoms with Crippen LogP contribution in [-0.2, 0) is 11.3 Å². The van der Waals surface area contributed by atoms with Crippen molar-refractivity contribution < 1.29 is 9.21 Å². The van der Waals surface area contributed by atoms with Crippen LogP contribution in [0.3, 0.4) is 0 Å². The zero-order valence-corrected chi connectivity index (χ0v) is 17.4. The molecule has 1 aliphatic rings. The average molecular weight is 411 g/mol. The maximum absolute atomic E-state index is 12.5. The topological polar surface area (TPSA) is 73.0 Å². The largest absolute Gasteiger partial charge is 0.461 e. The summed E-state index contributed by atoms with van der Waals surface area (Å²) in [6, 6.07) is 14.2. The molecule has 0 aliphatic heterocycles. The lowest BCUT2D eigenvalue weighted by atomic mass is 9.86. The van der Waals surface area contributed by atoms with Gasteiger partial charge in [-0.15, -0.1) is 10.2 Å². The van der Waals surface area contributed by atoms with Crippen molar-refractivity contribution in [1.29, 1.82) is 0 Å². The van der Waals surface area contributed by atoms with Crippen molar-refractivity contribution >= 4 is 17.7 Å². The fourth-order valence-electron chi connectivity index (χ4n) is 3.80. The summed E-state index contributed by atoms with van der Waals surface area (Å²) >= 11 is 1.42. The van der Waals surface area contributed by atoms with E-state index in [2.05, 4.69) is 34.6 Å². The molecule has 0 radical (unpaired) electrons. The molecule has 1 amide bonds. The van der Waals surface area contributed by atoms with Crippen molar-refractivity contribution in [3.05, 3.63) is 54.3 Å². The van der Waals surface area contributed by atoms with Crippen LogP contribution in [0, 0.1) is 5.92 Å². The molecule has 1 N–H and O–H groups in total. The van der Waals surface area contributed by atoms with Crippen LogP contribution in [-0.4, -0.2) is 32.5 Å². The molecule has 1 aliphatic carbocycles. The lowest BCUT2D eigenvalue weighted by molar-refractivity contribution is -0.119. The number of carbonyl (C=O) groups is 1. The van der Waals surface area contributed by atoms with Crippen LogP contribution in [0.5, 0.6) is 0 Å². The second-order valence-electron chi connectivity index (χ2n) is 7.58. The third-order valence-electron chi connectivity index (χ3n) is 5.43. The second kappa shape index (κ2) is 9.31. The van der Waals surface area contributed by atoms with Crippen molar-refractivity contribution in [3.63, 3.8) is 0 Å². The molecule has 152 valence electrons. The highest BCUT2D eigenvalue weighted by molar-refractivity contribution is 7.99. The zero-order valence-electron chi connectivity index (χ0n) is 16.6. The molecule has 0 bridgehead atoms. The minimum Gasteiger partial charge on any atom is -0.461 e. The molecule has 2 aromatic heterocycles. The van der Waals surface area contributed by atoms with E-state index in [-0.39, 0.29) is 11.9 Å². The first kappa shape index (κ1) is 19.8. The van der Waals surface area contributed by atoms with E-state index in [1.165, 1.54) is 31.0 Å². The van der Waals surface area contributed by atoms with E-state index in [9.17, 15) is 4.79 Å². The fraction of sp³-hybridized carbons (Fsp3) is 0.409. The predicted octanol–water partition coefficient (Wildman–Crippen LogP) is 4.37. The Morgan fingerprint density at radius 1 is 1.17 bits per heavy atom. The lowest BCUT2D eigenvalue weighted by Gasteiger charge is -2.29. The molecule has 0 unspecified atom stereocenters. The average Bonchev–Trinajstić information content (AvgIpc) is 3.39. The minimum absolute atomic E-state index is 0.0579. The van der Waals surface area contributed by atoms with E-state index in [1.807, 2.05) is 34.9 Å². The zero-order chi connectivity index (χ0) is 20.1. The van der Waals surface area contributed by atoms with Crippen LogP contribution in [0.2, 0.25) is 0 Å². The SMILES string of the molecule is C[C@@H]1CCCC[C@H]1NC(=O)CSc1nnc(-c2ccco2)n1Cc1ccccc1. The van der Waals surface area contributed by atoms with Crippen LogP contribution >= 0.6 is 11.8 Å². The molecule has 1 aromatic carbocycles. The Bertz CT molecular complexity index is 924. The van der Waals surface area contributed by atoms with Crippen LogP contribution in [0.15, 0.2) is 58.3 Å². The fourth-order valence-corrected chi connectivity index (χ4v) is 4.55. The number of thioether (sulfide) groups is 1. The number of carbonyl (C=O) groups excluding carboxylic acids is 1. The first-order chi connectivity index (χ1) is 14.2. The second-order valence-corrected chi connectivity index (χ2v) is 8.52. The number of aromatic nitrogens is 3. The van der Waals surface area contributed by atoms with E-state index < -0.39 is 0 Å². The molecule has 7 heteroatoms. The van der Waals surface area contributed by atoms with Crippen LogP contribution < -0.4 is 5.32 Å². The van der Waals surface area contributed by atoms with Gasteiger partial charge in [-0.25, -0.2) is 0 Å². The quantitative estimate of drug-likeness (QED) is 0.586. The van der Waals surface area contributed by atoms with Crippen molar-refractivity contribution in [2.45, 2.75) is 50.4 Å². The predicted molar refractivity (Wildman–Crippen MR) is 114 cm³/mol. The van der Waals surface area contributed by atoms with Gasteiger partial charge in [0.15, 0.2) is 10.9 Å². The number of nitrogens with one attached hydrogen (secondary N) is 1. The van der Waals surface area contributed by atoms with Crippen molar-refractivity contribution in [3.8, 4) is 11.6 Å². The summed E-state index contributed by atoms with van der Waals surface area (Å²) in [4.78, 5) is 12.5. The summed E-state index contributed by atoms with van der Waals surface area (Å²) in [6.07, 6.45) is 6.35. The van der Waals surface area contributed by atoms with E-state index in [0.717, 1.165) is 12.0 Å². The molecule has 1 fully saturated rings. The van der Waals surface area contributed by atoms with Gasteiger partial charge in [-0.1, -0.05) is 61.9 Å². The Labute approximate surface area is 175 Å². The molecular formula is C22H26N4O2S. The summed E-state index contributed by atoms with van der Waals surface area (Å²) < 4.78 is 7.55. The van der Waals surface area contributed by atoms with Crippen molar-refractivity contribution in [2.24, 2.45) is 5.92 Å². The summed E-state index contributed by atoms with van der Waals surface area (Å²) in [7, 11) is 0. The summed E-state index contributed by atoms with van der Waals surface area (Å²) in [5, 5.41) is 12.6. The minimum atomic E-state index is 0.0579. The van der Waals surface area contributed by atoms with Crippen LogP contribution in [0.4, 0.5) is 0 Å². The molecule has 2 heterocycles. The smallest absolute Gasteiger partial charge is 0.230 e. The maximum Gasteiger partial charge on any atom is 0.230 e. The third-order valence-corrected chi connectivity index (χ3v) is 6.40. The highest BCUT2D eigenvalue weighted by Crippen LogP contribution is 2.26. The van der Waals surface area contributed by atoms with E-state index in [4.69, 9.17) is 4.42 Å². The van der Waals surface area contributed by atoms with Crippen LogP contribution in [0.1, 0.15) is 38.2 Å². The van der Waals surface area contributed by atoms with Crippen molar-refractivity contribution in [2.75, 3.05) is 5.75 Å². The molecule has 29 heavy (non-hydrogen) atoms. The first-order valence-electron chi connectivity index (χ1n) is 10.1. The Balaban J connectivity index is 1.47. The molecular weight excluding hydrogens is 384 g/mol. The Morgan fingerprint density at radius 2 is 2.00 bits per heavy atom. The normalized spacial score (nSPS) is 19.2. The third kappa shape index (κ3) is 4.90. The van der Waals surface area contributed by atoms with E-state index in [1.54, 1.807) is 6.26 Å². The Kier molecular flexibility index (Phi) is 6.34. The van der Waals surface area contributed by atoms with Gasteiger partial charge in [-0.3, -0.25) is 9.36 Å². The molecule has 3 aromatic rings. The molecule has 0 saturated heterocycles. The van der Waals surface area contributed by atoms with Gasteiger partial charge in [0.25, 0.3) is 0 Å². The molecule has 0 spiro atoms. The number of benzene rings is 1. The van der Waals surface area contributed by atoms with Crippen LogP contribution in [0.25, 0.3) is 11.6 Å². The van der Waals surface area contributed by atoms with Gasteiger partial charge >= 0.3 is 0 Å².